The average Bonchev–Trinajstić information content (AvgIpc) is 2.99. The summed E-state index contributed by atoms with van der Waals surface area (Å²) < 4.78 is 0. The van der Waals surface area contributed by atoms with Crippen LogP contribution in [0.15, 0.2) is 0 Å². The Labute approximate surface area is 89.0 Å². The normalized spacial score (nSPS) is 16.5. The van der Waals surface area contributed by atoms with E-state index in [0.717, 1.165) is 12.8 Å². The summed E-state index contributed by atoms with van der Waals surface area (Å²) >= 11 is 0. The monoisotopic (exact) mass is 209 g/mol. The first-order valence-corrected chi connectivity index (χ1v) is 5.11. The topological polar surface area (TPSA) is 66.4 Å². The van der Waals surface area contributed by atoms with Crippen molar-refractivity contribution in [3.05, 3.63) is 0 Å². The SMILES string of the molecule is C#CCCC[C@H](NC(=O)C1CC1)C(=O)O. The lowest BCUT2D eigenvalue weighted by molar-refractivity contribution is -0.142. The van der Waals surface area contributed by atoms with Crippen molar-refractivity contribution in [2.24, 2.45) is 5.92 Å². The molecule has 1 amide bonds. The van der Waals surface area contributed by atoms with Crippen molar-refractivity contribution in [3.63, 3.8) is 0 Å². The minimum absolute atomic E-state index is 0.0412. The van der Waals surface area contributed by atoms with Crippen LogP contribution in [0, 0.1) is 18.3 Å². The standard InChI is InChI=1S/C11H15NO3/c1-2-3-4-5-9(11(14)15)12-10(13)8-6-7-8/h1,8-9H,3-7H2,(H,12,13)(H,14,15)/t9-/m0/s1. The molecule has 0 bridgehead atoms. The van der Waals surface area contributed by atoms with Gasteiger partial charge in [-0.05, 0) is 25.7 Å². The molecular weight excluding hydrogens is 194 g/mol. The van der Waals surface area contributed by atoms with Crippen LogP contribution in [0.4, 0.5) is 0 Å². The van der Waals surface area contributed by atoms with Gasteiger partial charge in [-0.25, -0.2) is 4.79 Å². The summed E-state index contributed by atoms with van der Waals surface area (Å²) in [5, 5.41) is 11.4. The molecule has 0 aromatic carbocycles. The molecular formula is C11H15NO3. The number of rotatable bonds is 6. The van der Waals surface area contributed by atoms with E-state index in [1.54, 1.807) is 0 Å². The lowest BCUT2D eigenvalue weighted by Gasteiger charge is -2.13. The molecule has 4 heteroatoms. The molecule has 0 spiro atoms. The predicted octanol–water partition coefficient (Wildman–Crippen LogP) is 0.769. The van der Waals surface area contributed by atoms with E-state index in [4.69, 9.17) is 11.5 Å². The first-order chi connectivity index (χ1) is 7.15. The van der Waals surface area contributed by atoms with Gasteiger partial charge in [-0.2, -0.15) is 0 Å². The molecule has 2 N–H and O–H groups in total. The molecule has 0 unspecified atom stereocenters. The Kier molecular flexibility index (Phi) is 4.17. The molecule has 0 heterocycles. The number of carbonyl (C=O) groups is 2. The molecule has 1 rings (SSSR count). The van der Waals surface area contributed by atoms with Gasteiger partial charge in [-0.15, -0.1) is 12.3 Å². The van der Waals surface area contributed by atoms with Gasteiger partial charge in [0.2, 0.25) is 5.91 Å². The van der Waals surface area contributed by atoms with Crippen molar-refractivity contribution in [3.8, 4) is 12.3 Å². The molecule has 4 nitrogen and oxygen atoms in total. The molecule has 0 aliphatic heterocycles. The van der Waals surface area contributed by atoms with Gasteiger partial charge in [0.05, 0.1) is 0 Å². The number of terminal acetylenes is 1. The molecule has 15 heavy (non-hydrogen) atoms. The third-order valence-corrected chi connectivity index (χ3v) is 2.38. The highest BCUT2D eigenvalue weighted by Gasteiger charge is 2.32. The van der Waals surface area contributed by atoms with E-state index < -0.39 is 12.0 Å². The number of nitrogens with one attached hydrogen (secondary N) is 1. The molecule has 0 saturated heterocycles. The summed E-state index contributed by atoms with van der Waals surface area (Å²) in [6.07, 6.45) is 8.39. The fourth-order valence-electron chi connectivity index (χ4n) is 1.30. The number of carboxylic acid groups (broad SMARTS) is 1. The number of unbranched alkanes of at least 4 members (excludes halogenated alkanes) is 1. The Hall–Kier alpha value is -1.50. The lowest BCUT2D eigenvalue weighted by Crippen LogP contribution is -2.41. The number of carboxylic acids is 1. The fourth-order valence-corrected chi connectivity index (χ4v) is 1.30. The summed E-state index contributed by atoms with van der Waals surface area (Å²) in [7, 11) is 0. The highest BCUT2D eigenvalue weighted by Crippen LogP contribution is 2.29. The van der Waals surface area contributed by atoms with Crippen LogP contribution in [0.3, 0.4) is 0 Å². The van der Waals surface area contributed by atoms with E-state index in [2.05, 4.69) is 11.2 Å². The molecule has 1 fully saturated rings. The van der Waals surface area contributed by atoms with E-state index in [-0.39, 0.29) is 11.8 Å². The second-order valence-corrected chi connectivity index (χ2v) is 3.77. The Morgan fingerprint density at radius 2 is 2.20 bits per heavy atom. The van der Waals surface area contributed by atoms with Crippen LogP contribution < -0.4 is 5.32 Å². The Balaban J connectivity index is 2.32. The van der Waals surface area contributed by atoms with Gasteiger partial charge in [0.1, 0.15) is 6.04 Å². The molecule has 1 aliphatic carbocycles. The maximum absolute atomic E-state index is 11.3. The minimum Gasteiger partial charge on any atom is -0.480 e. The van der Waals surface area contributed by atoms with Crippen molar-refractivity contribution in [1.29, 1.82) is 0 Å². The van der Waals surface area contributed by atoms with Gasteiger partial charge in [-0.3, -0.25) is 4.79 Å². The van der Waals surface area contributed by atoms with E-state index in [9.17, 15) is 9.59 Å². The molecule has 0 aromatic heterocycles. The van der Waals surface area contributed by atoms with Crippen LogP contribution in [-0.4, -0.2) is 23.0 Å². The van der Waals surface area contributed by atoms with Gasteiger partial charge in [0.25, 0.3) is 0 Å². The second-order valence-electron chi connectivity index (χ2n) is 3.77. The third-order valence-electron chi connectivity index (χ3n) is 2.38. The molecule has 1 aliphatic rings. The second kappa shape index (κ2) is 5.40. The zero-order valence-corrected chi connectivity index (χ0v) is 8.53. The quantitative estimate of drug-likeness (QED) is 0.501. The predicted molar refractivity (Wildman–Crippen MR) is 55.0 cm³/mol. The molecule has 0 radical (unpaired) electrons. The molecule has 0 aromatic rings. The average molecular weight is 209 g/mol. The Morgan fingerprint density at radius 1 is 1.53 bits per heavy atom. The zero-order valence-electron chi connectivity index (χ0n) is 8.53. The highest BCUT2D eigenvalue weighted by atomic mass is 16.4. The van der Waals surface area contributed by atoms with Gasteiger partial charge in [0.15, 0.2) is 0 Å². The summed E-state index contributed by atoms with van der Waals surface area (Å²) in [4.78, 5) is 22.1. The van der Waals surface area contributed by atoms with Crippen molar-refractivity contribution in [1.82, 2.24) is 5.32 Å². The van der Waals surface area contributed by atoms with E-state index in [0.29, 0.717) is 19.3 Å². The Morgan fingerprint density at radius 3 is 2.67 bits per heavy atom. The van der Waals surface area contributed by atoms with Gasteiger partial charge in [0, 0.05) is 12.3 Å². The summed E-state index contributed by atoms with van der Waals surface area (Å²) in [5.41, 5.74) is 0. The van der Waals surface area contributed by atoms with Crippen molar-refractivity contribution >= 4 is 11.9 Å². The molecule has 1 atom stereocenters. The largest absolute Gasteiger partial charge is 0.480 e. The molecule has 1 saturated carbocycles. The first-order valence-electron chi connectivity index (χ1n) is 5.11. The van der Waals surface area contributed by atoms with Gasteiger partial charge >= 0.3 is 5.97 Å². The van der Waals surface area contributed by atoms with Crippen LogP contribution >= 0.6 is 0 Å². The van der Waals surface area contributed by atoms with Crippen LogP contribution in [0.2, 0.25) is 0 Å². The summed E-state index contributed by atoms with van der Waals surface area (Å²) in [5.74, 6) is 1.36. The number of hydrogen-bond acceptors (Lipinski definition) is 2. The van der Waals surface area contributed by atoms with Crippen molar-refractivity contribution < 1.29 is 14.7 Å². The van der Waals surface area contributed by atoms with E-state index >= 15 is 0 Å². The maximum atomic E-state index is 11.3. The number of carbonyl (C=O) groups excluding carboxylic acids is 1. The van der Waals surface area contributed by atoms with Crippen LogP contribution in [-0.2, 0) is 9.59 Å². The lowest BCUT2D eigenvalue weighted by atomic mass is 10.1. The number of aliphatic carboxylic acids is 1. The van der Waals surface area contributed by atoms with Gasteiger partial charge in [-0.1, -0.05) is 0 Å². The van der Waals surface area contributed by atoms with Crippen molar-refractivity contribution in [2.75, 3.05) is 0 Å². The first kappa shape index (κ1) is 11.6. The van der Waals surface area contributed by atoms with Crippen LogP contribution in [0.1, 0.15) is 32.1 Å². The fraction of sp³-hybridized carbons (Fsp3) is 0.636. The molecule has 82 valence electrons. The number of hydrogen-bond donors (Lipinski definition) is 2. The smallest absolute Gasteiger partial charge is 0.326 e. The Bertz CT molecular complexity index is 289. The number of amides is 1. The van der Waals surface area contributed by atoms with Crippen LogP contribution in [0.5, 0.6) is 0 Å². The van der Waals surface area contributed by atoms with E-state index in [1.165, 1.54) is 0 Å². The zero-order chi connectivity index (χ0) is 11.3. The maximum Gasteiger partial charge on any atom is 0.326 e. The minimum atomic E-state index is -0.985. The van der Waals surface area contributed by atoms with Crippen LogP contribution in [0.25, 0.3) is 0 Å². The third kappa shape index (κ3) is 4.03. The van der Waals surface area contributed by atoms with Gasteiger partial charge < -0.3 is 10.4 Å². The summed E-state index contributed by atoms with van der Waals surface area (Å²) in [6.45, 7) is 0. The van der Waals surface area contributed by atoms with Crippen molar-refractivity contribution in [2.45, 2.75) is 38.1 Å². The van der Waals surface area contributed by atoms with E-state index in [1.807, 2.05) is 0 Å². The highest BCUT2D eigenvalue weighted by molar-refractivity contribution is 5.86. The summed E-state index contributed by atoms with van der Waals surface area (Å²) in [6, 6.07) is -0.786.